The van der Waals surface area contributed by atoms with Gasteiger partial charge in [-0.05, 0) is 20.3 Å². The van der Waals surface area contributed by atoms with Gasteiger partial charge in [-0.3, -0.25) is 4.79 Å². The van der Waals surface area contributed by atoms with Gasteiger partial charge < -0.3 is 14.6 Å². The van der Waals surface area contributed by atoms with Crippen molar-refractivity contribution in [2.24, 2.45) is 0 Å². The minimum absolute atomic E-state index is 0.0584. The summed E-state index contributed by atoms with van der Waals surface area (Å²) in [6.45, 7) is 5.86. The molecule has 0 aliphatic rings. The Balaban J connectivity index is 2.01. The van der Waals surface area contributed by atoms with Crippen LogP contribution in [0.4, 0.5) is 5.13 Å². The molecule has 2 heterocycles. The first-order chi connectivity index (χ1) is 11.5. The zero-order valence-corrected chi connectivity index (χ0v) is 14.9. The van der Waals surface area contributed by atoms with Crippen LogP contribution < -0.4 is 5.32 Å². The van der Waals surface area contributed by atoms with E-state index >= 15 is 0 Å². The second-order valence-electron chi connectivity index (χ2n) is 5.36. The van der Waals surface area contributed by atoms with Gasteiger partial charge >= 0.3 is 5.97 Å². The molecule has 130 valence electrons. The first kappa shape index (κ1) is 18.1. The molecule has 0 aromatic carbocycles. The molecule has 8 heteroatoms. The molecule has 1 N–H and O–H groups in total. The van der Waals surface area contributed by atoms with E-state index in [2.05, 4.69) is 22.2 Å². The molecule has 0 fully saturated rings. The van der Waals surface area contributed by atoms with Crippen molar-refractivity contribution in [3.05, 3.63) is 29.3 Å². The highest BCUT2D eigenvalue weighted by Gasteiger charge is 2.19. The van der Waals surface area contributed by atoms with Crippen LogP contribution in [0.2, 0.25) is 0 Å². The van der Waals surface area contributed by atoms with Gasteiger partial charge in [0.2, 0.25) is 5.91 Å². The molecule has 2 aromatic heterocycles. The molecule has 0 spiro atoms. The summed E-state index contributed by atoms with van der Waals surface area (Å²) in [4.78, 5) is 32.8. The number of aromatic nitrogens is 3. The molecular formula is C16H22N4O3S. The lowest BCUT2D eigenvalue weighted by molar-refractivity contribution is -0.117. The first-order valence-corrected chi connectivity index (χ1v) is 8.78. The highest BCUT2D eigenvalue weighted by molar-refractivity contribution is 7.17. The number of imidazole rings is 1. The number of carbonyl (C=O) groups is 2. The van der Waals surface area contributed by atoms with Crippen molar-refractivity contribution in [1.29, 1.82) is 0 Å². The van der Waals surface area contributed by atoms with Gasteiger partial charge in [0.25, 0.3) is 0 Å². The number of hydrogen-bond acceptors (Lipinski definition) is 6. The number of rotatable bonds is 8. The van der Waals surface area contributed by atoms with Crippen molar-refractivity contribution >= 4 is 28.3 Å². The molecule has 2 rings (SSSR count). The van der Waals surface area contributed by atoms with Gasteiger partial charge in [-0.25, -0.2) is 14.8 Å². The van der Waals surface area contributed by atoms with Crippen molar-refractivity contribution < 1.29 is 14.3 Å². The van der Waals surface area contributed by atoms with Crippen molar-refractivity contribution in [2.75, 3.05) is 11.9 Å². The van der Waals surface area contributed by atoms with Gasteiger partial charge in [0.15, 0.2) is 5.13 Å². The molecule has 0 radical (unpaired) electrons. The van der Waals surface area contributed by atoms with Gasteiger partial charge in [-0.1, -0.05) is 24.7 Å². The number of nitrogens with one attached hydrogen (secondary N) is 1. The number of anilines is 1. The summed E-state index contributed by atoms with van der Waals surface area (Å²) in [5.41, 5.74) is 0.563. The summed E-state index contributed by atoms with van der Waals surface area (Å²) in [6, 6.07) is 0.0584. The van der Waals surface area contributed by atoms with E-state index in [9.17, 15) is 9.59 Å². The molecule has 7 nitrogen and oxygen atoms in total. The van der Waals surface area contributed by atoms with Crippen LogP contribution in [0, 0.1) is 6.92 Å². The number of hydrogen-bond donors (Lipinski definition) is 1. The number of esters is 1. The third-order valence-electron chi connectivity index (χ3n) is 3.49. The maximum Gasteiger partial charge on any atom is 0.350 e. The van der Waals surface area contributed by atoms with Crippen molar-refractivity contribution in [2.45, 2.75) is 46.1 Å². The van der Waals surface area contributed by atoms with Crippen molar-refractivity contribution in [3.8, 4) is 0 Å². The lowest BCUT2D eigenvalue weighted by Gasteiger charge is -2.16. The number of nitrogens with zero attached hydrogens (tertiary/aromatic N) is 3. The topological polar surface area (TPSA) is 86.1 Å². The molecule has 1 atom stereocenters. The second-order valence-corrected chi connectivity index (χ2v) is 6.36. The summed E-state index contributed by atoms with van der Waals surface area (Å²) in [5, 5.41) is 3.20. The van der Waals surface area contributed by atoms with E-state index in [1.165, 1.54) is 0 Å². The molecule has 0 unspecified atom stereocenters. The van der Waals surface area contributed by atoms with Crippen molar-refractivity contribution in [3.63, 3.8) is 0 Å². The fraction of sp³-hybridized carbons (Fsp3) is 0.500. The standard InChI is InChI=1S/C16H22N4O3S/c1-4-6-12(20-8-7-17-10-20)9-13(21)19-16-18-11(3)14(24-16)15(22)23-5-2/h7-8,10,12H,4-6,9H2,1-3H3,(H,18,19,21)/t12-/m1/s1. The van der Waals surface area contributed by atoms with Gasteiger partial charge in [-0.2, -0.15) is 0 Å². The van der Waals surface area contributed by atoms with E-state index in [1.54, 1.807) is 26.4 Å². The summed E-state index contributed by atoms with van der Waals surface area (Å²) in [5.74, 6) is -0.540. The SMILES string of the molecule is CCC[C@H](CC(=O)Nc1nc(C)c(C(=O)OCC)s1)n1ccnc1. The Bertz CT molecular complexity index is 682. The van der Waals surface area contributed by atoms with Crippen LogP contribution >= 0.6 is 11.3 Å². The van der Waals surface area contributed by atoms with Crippen LogP contribution in [0.5, 0.6) is 0 Å². The fourth-order valence-electron chi connectivity index (χ4n) is 2.40. The predicted molar refractivity (Wildman–Crippen MR) is 92.2 cm³/mol. The Morgan fingerprint density at radius 1 is 1.42 bits per heavy atom. The Morgan fingerprint density at radius 2 is 2.21 bits per heavy atom. The molecule has 1 amide bonds. The molecular weight excluding hydrogens is 328 g/mol. The normalized spacial score (nSPS) is 12.0. The highest BCUT2D eigenvalue weighted by Crippen LogP contribution is 2.25. The van der Waals surface area contributed by atoms with E-state index in [-0.39, 0.29) is 11.9 Å². The van der Waals surface area contributed by atoms with Gasteiger partial charge in [0.05, 0.1) is 18.6 Å². The number of aryl methyl sites for hydroxylation is 1. The van der Waals surface area contributed by atoms with Crippen LogP contribution in [-0.4, -0.2) is 33.0 Å². The molecule has 0 aliphatic carbocycles. The number of ether oxygens (including phenoxy) is 1. The smallest absolute Gasteiger partial charge is 0.350 e. The lowest BCUT2D eigenvalue weighted by atomic mass is 10.1. The van der Waals surface area contributed by atoms with Gasteiger partial charge in [-0.15, -0.1) is 0 Å². The average molecular weight is 350 g/mol. The molecule has 0 saturated carbocycles. The van der Waals surface area contributed by atoms with Crippen LogP contribution in [0.3, 0.4) is 0 Å². The highest BCUT2D eigenvalue weighted by atomic mass is 32.1. The van der Waals surface area contributed by atoms with E-state index in [0.29, 0.717) is 28.7 Å². The number of amides is 1. The van der Waals surface area contributed by atoms with Gasteiger partial charge in [0.1, 0.15) is 4.88 Å². The first-order valence-electron chi connectivity index (χ1n) is 7.97. The third-order valence-corrected chi connectivity index (χ3v) is 4.55. The lowest BCUT2D eigenvalue weighted by Crippen LogP contribution is -2.18. The Kier molecular flexibility index (Phi) is 6.48. The second kappa shape index (κ2) is 8.58. The van der Waals surface area contributed by atoms with Crippen molar-refractivity contribution in [1.82, 2.24) is 14.5 Å². The van der Waals surface area contributed by atoms with Crippen LogP contribution in [-0.2, 0) is 9.53 Å². The zero-order chi connectivity index (χ0) is 17.5. The third kappa shape index (κ3) is 4.64. The maximum absolute atomic E-state index is 12.3. The summed E-state index contributed by atoms with van der Waals surface area (Å²) >= 11 is 1.14. The largest absolute Gasteiger partial charge is 0.462 e. The van der Waals surface area contributed by atoms with Gasteiger partial charge in [0, 0.05) is 24.9 Å². The average Bonchev–Trinajstić information content (AvgIpc) is 3.17. The van der Waals surface area contributed by atoms with E-state index < -0.39 is 5.97 Å². The minimum Gasteiger partial charge on any atom is -0.462 e. The summed E-state index contributed by atoms with van der Waals surface area (Å²) in [6.07, 6.45) is 7.47. The molecule has 0 aliphatic heterocycles. The van der Waals surface area contributed by atoms with Crippen LogP contribution in [0.1, 0.15) is 54.5 Å². The summed E-state index contributed by atoms with van der Waals surface area (Å²) in [7, 11) is 0. The zero-order valence-electron chi connectivity index (χ0n) is 14.1. The maximum atomic E-state index is 12.3. The van der Waals surface area contributed by atoms with E-state index in [1.807, 2.05) is 10.8 Å². The monoisotopic (exact) mass is 350 g/mol. The van der Waals surface area contributed by atoms with E-state index in [4.69, 9.17) is 4.74 Å². The Labute approximate surface area is 145 Å². The quantitative estimate of drug-likeness (QED) is 0.739. The van der Waals surface area contributed by atoms with Crippen LogP contribution in [0.25, 0.3) is 0 Å². The molecule has 24 heavy (non-hydrogen) atoms. The Morgan fingerprint density at radius 3 is 2.83 bits per heavy atom. The summed E-state index contributed by atoms with van der Waals surface area (Å²) < 4.78 is 6.93. The number of thiazole rings is 1. The molecule has 2 aromatic rings. The fourth-order valence-corrected chi connectivity index (χ4v) is 3.27. The minimum atomic E-state index is -0.407. The molecule has 0 bridgehead atoms. The Hall–Kier alpha value is -2.22. The molecule has 0 saturated heterocycles. The van der Waals surface area contributed by atoms with Crippen LogP contribution in [0.15, 0.2) is 18.7 Å². The number of carbonyl (C=O) groups excluding carboxylic acids is 2. The van der Waals surface area contributed by atoms with E-state index in [0.717, 1.165) is 24.2 Å². The predicted octanol–water partition coefficient (Wildman–Crippen LogP) is 3.19.